The van der Waals surface area contributed by atoms with Gasteiger partial charge in [-0.05, 0) is 50.2 Å². The Balaban J connectivity index is 1.41. The number of likely N-dealkylation sites (tertiary alicyclic amines) is 1. The topological polar surface area (TPSA) is 73.9 Å². The van der Waals surface area contributed by atoms with Gasteiger partial charge >= 0.3 is 5.56 Å². The summed E-state index contributed by atoms with van der Waals surface area (Å²) < 4.78 is 14.4. The smallest absolute Gasteiger partial charge is 0.301 e. The van der Waals surface area contributed by atoms with Gasteiger partial charge in [0.15, 0.2) is 11.5 Å². The quantitative estimate of drug-likeness (QED) is 0.414. The number of fused-ring (bicyclic) bond motifs is 1. The van der Waals surface area contributed by atoms with Crippen molar-refractivity contribution in [1.29, 1.82) is 0 Å². The summed E-state index contributed by atoms with van der Waals surface area (Å²) in [6, 6.07) is 12.7. The highest BCUT2D eigenvalue weighted by Gasteiger charge is 2.15. The SMILES string of the molecule is COc1cc(-n2cnn3cc(-c4ccc(Cl)cc4)nc3c2=O)ccc1OCCN1CCCC1. The fourth-order valence-electron chi connectivity index (χ4n) is 4.03. The second-order valence-corrected chi connectivity index (χ2v) is 8.38. The van der Waals surface area contributed by atoms with Crippen molar-refractivity contribution in [1.82, 2.24) is 24.1 Å². The molecule has 0 unspecified atom stereocenters. The van der Waals surface area contributed by atoms with Crippen molar-refractivity contribution < 1.29 is 9.47 Å². The Bertz CT molecular complexity index is 1330. The van der Waals surface area contributed by atoms with Crippen LogP contribution in [-0.4, -0.2) is 57.4 Å². The van der Waals surface area contributed by atoms with Gasteiger partial charge in [-0.2, -0.15) is 5.10 Å². The van der Waals surface area contributed by atoms with Gasteiger partial charge in [-0.25, -0.2) is 9.50 Å². The van der Waals surface area contributed by atoms with E-state index in [-0.39, 0.29) is 11.2 Å². The lowest BCUT2D eigenvalue weighted by molar-refractivity contribution is 0.230. The molecule has 0 radical (unpaired) electrons. The molecule has 170 valence electrons. The van der Waals surface area contributed by atoms with Crippen LogP contribution in [0.25, 0.3) is 22.6 Å². The average Bonchev–Trinajstić information content (AvgIpc) is 3.51. The highest BCUT2D eigenvalue weighted by molar-refractivity contribution is 6.30. The van der Waals surface area contributed by atoms with Crippen LogP contribution in [0.3, 0.4) is 0 Å². The molecule has 0 saturated carbocycles. The molecule has 8 nitrogen and oxygen atoms in total. The van der Waals surface area contributed by atoms with Gasteiger partial charge in [0.2, 0.25) is 5.65 Å². The molecule has 1 aliphatic rings. The largest absolute Gasteiger partial charge is 0.493 e. The van der Waals surface area contributed by atoms with Gasteiger partial charge in [0.25, 0.3) is 0 Å². The molecule has 3 heterocycles. The van der Waals surface area contributed by atoms with E-state index in [1.165, 1.54) is 28.3 Å². The number of methoxy groups -OCH3 is 1. The van der Waals surface area contributed by atoms with E-state index in [0.29, 0.717) is 34.5 Å². The van der Waals surface area contributed by atoms with Crippen molar-refractivity contribution in [3.8, 4) is 28.4 Å². The van der Waals surface area contributed by atoms with Crippen LogP contribution in [-0.2, 0) is 0 Å². The number of ether oxygens (including phenoxy) is 2. The third kappa shape index (κ3) is 4.44. The maximum atomic E-state index is 13.2. The average molecular weight is 466 g/mol. The zero-order valence-corrected chi connectivity index (χ0v) is 19.0. The van der Waals surface area contributed by atoms with Crippen molar-refractivity contribution in [2.75, 3.05) is 33.4 Å². The molecule has 1 fully saturated rings. The van der Waals surface area contributed by atoms with E-state index < -0.39 is 0 Å². The number of halogens is 1. The first-order valence-electron chi connectivity index (χ1n) is 10.9. The van der Waals surface area contributed by atoms with Gasteiger partial charge < -0.3 is 9.47 Å². The van der Waals surface area contributed by atoms with Crippen molar-refractivity contribution in [3.05, 3.63) is 70.4 Å². The van der Waals surface area contributed by atoms with E-state index in [1.54, 1.807) is 31.5 Å². The maximum absolute atomic E-state index is 13.2. The van der Waals surface area contributed by atoms with Crippen LogP contribution in [0.1, 0.15) is 12.8 Å². The summed E-state index contributed by atoms with van der Waals surface area (Å²) in [5, 5.41) is 5.01. The molecule has 9 heteroatoms. The summed E-state index contributed by atoms with van der Waals surface area (Å²) in [6.07, 6.45) is 5.71. The lowest BCUT2D eigenvalue weighted by Crippen LogP contribution is -2.25. The Morgan fingerprint density at radius 2 is 1.85 bits per heavy atom. The molecule has 0 bridgehead atoms. The van der Waals surface area contributed by atoms with Gasteiger partial charge in [0, 0.05) is 23.2 Å². The summed E-state index contributed by atoms with van der Waals surface area (Å²) >= 11 is 5.97. The van der Waals surface area contributed by atoms with Gasteiger partial charge in [0.1, 0.15) is 12.9 Å². The molecule has 5 rings (SSSR count). The molecule has 0 amide bonds. The Kier molecular flexibility index (Phi) is 6.02. The minimum absolute atomic E-state index is 0.229. The first-order chi connectivity index (χ1) is 16.1. The van der Waals surface area contributed by atoms with Crippen molar-refractivity contribution >= 4 is 17.2 Å². The van der Waals surface area contributed by atoms with Crippen LogP contribution >= 0.6 is 11.6 Å². The Labute approximate surface area is 196 Å². The van der Waals surface area contributed by atoms with Crippen LogP contribution in [0, 0.1) is 0 Å². The Morgan fingerprint density at radius 3 is 2.61 bits per heavy atom. The minimum Gasteiger partial charge on any atom is -0.493 e. The Hall–Kier alpha value is -3.36. The number of rotatable bonds is 7. The van der Waals surface area contributed by atoms with E-state index in [2.05, 4.69) is 15.0 Å². The van der Waals surface area contributed by atoms with Gasteiger partial charge in [-0.15, -0.1) is 0 Å². The first-order valence-corrected chi connectivity index (χ1v) is 11.3. The van der Waals surface area contributed by atoms with Crippen LogP contribution in [0.5, 0.6) is 11.5 Å². The van der Waals surface area contributed by atoms with Gasteiger partial charge in [-0.1, -0.05) is 23.7 Å². The van der Waals surface area contributed by atoms with Gasteiger partial charge in [-0.3, -0.25) is 14.3 Å². The number of aromatic nitrogens is 4. The van der Waals surface area contributed by atoms with E-state index in [1.807, 2.05) is 24.3 Å². The van der Waals surface area contributed by atoms with E-state index in [9.17, 15) is 4.79 Å². The zero-order valence-electron chi connectivity index (χ0n) is 18.3. The molecule has 1 aliphatic heterocycles. The minimum atomic E-state index is -0.282. The molecule has 0 atom stereocenters. The molecular weight excluding hydrogens is 442 g/mol. The molecule has 2 aromatic carbocycles. The van der Waals surface area contributed by atoms with Gasteiger partial charge in [0.05, 0.1) is 24.7 Å². The number of imidazole rings is 1. The molecule has 0 N–H and O–H groups in total. The predicted octanol–water partition coefficient (Wildman–Crippen LogP) is 3.68. The second kappa shape index (κ2) is 9.25. The van der Waals surface area contributed by atoms with E-state index >= 15 is 0 Å². The van der Waals surface area contributed by atoms with Crippen LogP contribution in [0.15, 0.2) is 59.8 Å². The summed E-state index contributed by atoms with van der Waals surface area (Å²) in [5.74, 6) is 1.21. The van der Waals surface area contributed by atoms with Crippen molar-refractivity contribution in [3.63, 3.8) is 0 Å². The third-order valence-corrected chi connectivity index (χ3v) is 6.07. The first kappa shape index (κ1) is 21.5. The number of benzene rings is 2. The summed E-state index contributed by atoms with van der Waals surface area (Å²) in [6.45, 7) is 3.74. The van der Waals surface area contributed by atoms with Crippen LogP contribution in [0.4, 0.5) is 0 Å². The highest BCUT2D eigenvalue weighted by atomic mass is 35.5. The maximum Gasteiger partial charge on any atom is 0.301 e. The summed E-state index contributed by atoms with van der Waals surface area (Å²) in [5.41, 5.74) is 2.07. The number of hydrogen-bond acceptors (Lipinski definition) is 6. The standard InChI is InChI=1S/C24H24ClN5O3/c1-32-22-14-19(8-9-21(22)33-13-12-28-10-2-3-11-28)29-16-26-30-15-20(27-23(30)24(29)31)17-4-6-18(25)7-5-17/h4-9,14-16H,2-3,10-13H2,1H3. The van der Waals surface area contributed by atoms with Crippen molar-refractivity contribution in [2.45, 2.75) is 12.8 Å². The van der Waals surface area contributed by atoms with E-state index in [0.717, 1.165) is 25.2 Å². The molecule has 33 heavy (non-hydrogen) atoms. The fourth-order valence-corrected chi connectivity index (χ4v) is 4.16. The van der Waals surface area contributed by atoms with Crippen LogP contribution < -0.4 is 15.0 Å². The third-order valence-electron chi connectivity index (χ3n) is 5.82. The Morgan fingerprint density at radius 1 is 1.06 bits per heavy atom. The molecular formula is C24H24ClN5O3. The molecule has 0 spiro atoms. The van der Waals surface area contributed by atoms with E-state index in [4.69, 9.17) is 21.1 Å². The molecule has 1 saturated heterocycles. The fraction of sp³-hybridized carbons (Fsp3) is 0.292. The number of nitrogens with zero attached hydrogens (tertiary/aromatic N) is 5. The summed E-state index contributed by atoms with van der Waals surface area (Å²) in [4.78, 5) is 20.1. The predicted molar refractivity (Wildman–Crippen MR) is 127 cm³/mol. The number of hydrogen-bond donors (Lipinski definition) is 0. The second-order valence-electron chi connectivity index (χ2n) is 7.94. The molecule has 0 aliphatic carbocycles. The monoisotopic (exact) mass is 465 g/mol. The highest BCUT2D eigenvalue weighted by Crippen LogP contribution is 2.29. The lowest BCUT2D eigenvalue weighted by atomic mass is 10.2. The normalized spacial score (nSPS) is 14.1. The summed E-state index contributed by atoms with van der Waals surface area (Å²) in [7, 11) is 1.59. The van der Waals surface area contributed by atoms with Crippen molar-refractivity contribution in [2.24, 2.45) is 0 Å². The zero-order chi connectivity index (χ0) is 22.8. The molecule has 2 aromatic heterocycles. The lowest BCUT2D eigenvalue weighted by Gasteiger charge is -2.16. The molecule has 4 aromatic rings. The van der Waals surface area contributed by atoms with Crippen LogP contribution in [0.2, 0.25) is 5.02 Å².